The molecule has 304 valence electrons. The van der Waals surface area contributed by atoms with Crippen molar-refractivity contribution >= 4 is 0 Å². The van der Waals surface area contributed by atoms with Crippen LogP contribution in [0.15, 0.2) is 22.9 Å². The topological polar surface area (TPSA) is 189 Å². The highest BCUT2D eigenvalue weighted by Gasteiger charge is 2.52. The lowest BCUT2D eigenvalue weighted by Crippen LogP contribution is -2.60. The molecule has 3 aliphatic rings. The number of methoxy groups -OCH3 is 2. The molecule has 6 N–H and O–H groups in total. The van der Waals surface area contributed by atoms with E-state index in [-0.39, 0.29) is 42.7 Å². The van der Waals surface area contributed by atoms with Gasteiger partial charge in [0.15, 0.2) is 12.6 Å². The van der Waals surface area contributed by atoms with Crippen LogP contribution in [0.2, 0.25) is 0 Å². The molecule has 2 saturated heterocycles. The summed E-state index contributed by atoms with van der Waals surface area (Å²) >= 11 is 0. The van der Waals surface area contributed by atoms with Crippen LogP contribution in [-0.2, 0) is 33.2 Å². The molecular formula is C38H69NO13. The van der Waals surface area contributed by atoms with Gasteiger partial charge in [-0.1, -0.05) is 20.8 Å². The zero-order chi connectivity index (χ0) is 39.7. The Morgan fingerprint density at radius 1 is 0.885 bits per heavy atom. The van der Waals surface area contributed by atoms with Gasteiger partial charge < -0.3 is 68.7 Å². The summed E-state index contributed by atoms with van der Waals surface area (Å²) in [6.45, 7) is 17.2. The summed E-state index contributed by atoms with van der Waals surface area (Å²) < 4.78 is 44.0. The lowest BCUT2D eigenvalue weighted by molar-refractivity contribution is -0.312. The van der Waals surface area contributed by atoms with E-state index in [0.717, 1.165) is 0 Å². The molecule has 14 nitrogen and oxygen atoms in total. The van der Waals surface area contributed by atoms with E-state index in [1.807, 2.05) is 39.8 Å². The molecule has 0 spiro atoms. The molecule has 0 unspecified atom stereocenters. The average molecular weight is 748 g/mol. The van der Waals surface area contributed by atoms with Crippen molar-refractivity contribution in [2.75, 3.05) is 28.3 Å². The van der Waals surface area contributed by atoms with E-state index in [0.29, 0.717) is 12.0 Å². The van der Waals surface area contributed by atoms with Crippen LogP contribution >= 0.6 is 0 Å². The number of aliphatic hydroxyl groups is 6. The molecule has 3 aliphatic heterocycles. The van der Waals surface area contributed by atoms with Crippen LogP contribution in [0.3, 0.4) is 0 Å². The first kappa shape index (κ1) is 44.8. The highest BCUT2D eigenvalue weighted by atomic mass is 16.7. The van der Waals surface area contributed by atoms with Crippen LogP contribution in [0.1, 0.15) is 94.9 Å². The number of hydrogen-bond donors (Lipinski definition) is 6. The van der Waals surface area contributed by atoms with Crippen LogP contribution in [0.5, 0.6) is 0 Å². The highest BCUT2D eigenvalue weighted by Crippen LogP contribution is 2.42. The first-order valence-corrected chi connectivity index (χ1v) is 18.6. The van der Waals surface area contributed by atoms with E-state index in [9.17, 15) is 30.6 Å². The average Bonchev–Trinajstić information content (AvgIpc) is 3.09. The van der Waals surface area contributed by atoms with Crippen LogP contribution in [0.4, 0.5) is 0 Å². The van der Waals surface area contributed by atoms with Crippen LogP contribution in [0, 0.1) is 11.8 Å². The second-order valence-corrected chi connectivity index (χ2v) is 16.3. The van der Waals surface area contributed by atoms with Crippen molar-refractivity contribution in [1.82, 2.24) is 4.90 Å². The molecule has 0 amide bonds. The highest BCUT2D eigenvalue weighted by molar-refractivity contribution is 5.18. The van der Waals surface area contributed by atoms with E-state index in [2.05, 4.69) is 0 Å². The van der Waals surface area contributed by atoms with E-state index in [1.54, 1.807) is 41.5 Å². The number of rotatable bonds is 8. The Hall–Kier alpha value is -1.56. The zero-order valence-corrected chi connectivity index (χ0v) is 33.8. The molecule has 52 heavy (non-hydrogen) atoms. The predicted octanol–water partition coefficient (Wildman–Crippen LogP) is 3.69. The maximum Gasteiger partial charge on any atom is 0.278 e. The number of hydrogen-bond acceptors (Lipinski definition) is 14. The van der Waals surface area contributed by atoms with Crippen molar-refractivity contribution in [3.63, 3.8) is 0 Å². The van der Waals surface area contributed by atoms with Gasteiger partial charge in [0, 0.05) is 50.5 Å². The molecule has 0 aromatic carbocycles. The van der Waals surface area contributed by atoms with Crippen molar-refractivity contribution in [2.24, 2.45) is 11.8 Å². The zero-order valence-electron chi connectivity index (χ0n) is 33.8. The molecule has 16 atom stereocenters. The molecule has 3 heterocycles. The number of nitrogens with zero attached hydrogens (tertiary/aromatic N) is 1. The van der Waals surface area contributed by atoms with Gasteiger partial charge in [0.2, 0.25) is 0 Å². The van der Waals surface area contributed by atoms with Crippen LogP contribution < -0.4 is 0 Å². The summed E-state index contributed by atoms with van der Waals surface area (Å²) in [6, 6.07) is -0.274. The quantitative estimate of drug-likeness (QED) is 0.211. The molecule has 14 heteroatoms. The fourth-order valence-corrected chi connectivity index (χ4v) is 8.27. The Morgan fingerprint density at radius 3 is 2.02 bits per heavy atom. The standard InChI is InChI=1S/C38H69NO13/c1-15-26-38(10,45)31(42)21(4)28(40)19(2)17-37(9,47-14)33(52-35-29(41)25(39(11)12)16-20(3)48-35)22(5)30(23(6)34(44)50-26)51-27-18-36(8,46-13)32(43)24(7)49-27/h20-22,24-27,29-33,35,40-45H,15-18H2,1-14H3/b28-19+,34-23-/t20-,21+,22+,24+,25+,26-,27+,29-,30+,31-,32+,33-,35+,36-,37-,38-/m1/s1. The molecule has 0 aromatic rings. The second kappa shape index (κ2) is 17.5. The third-order valence-corrected chi connectivity index (χ3v) is 12.0. The van der Waals surface area contributed by atoms with Gasteiger partial charge in [0.05, 0.1) is 47.5 Å². The summed E-state index contributed by atoms with van der Waals surface area (Å²) in [5.41, 5.74) is -3.46. The van der Waals surface area contributed by atoms with Gasteiger partial charge in [0.25, 0.3) is 5.95 Å². The van der Waals surface area contributed by atoms with Gasteiger partial charge in [-0.15, -0.1) is 0 Å². The van der Waals surface area contributed by atoms with Gasteiger partial charge in [-0.2, -0.15) is 0 Å². The van der Waals surface area contributed by atoms with Gasteiger partial charge in [0.1, 0.15) is 23.9 Å². The Kier molecular flexibility index (Phi) is 15.1. The van der Waals surface area contributed by atoms with Gasteiger partial charge in [-0.25, -0.2) is 0 Å². The van der Waals surface area contributed by atoms with Crippen molar-refractivity contribution in [3.8, 4) is 0 Å². The SMILES string of the molecule is CC[C@H]1O/C(O)=C(/C)[C@@H](O[C@H]2C[C@@](C)(OC)[C@@H](O)[C@H](C)O2)[C@H](C)[C@@H](O[C@@H]2O[C@H](C)C[C@H](N(C)C)[C@H]2O)[C@](C)(OC)C/C(C)=C(/O)[C@H](C)[C@@H](O)[C@]1(C)O. The summed E-state index contributed by atoms with van der Waals surface area (Å²) in [7, 11) is 6.80. The Balaban J connectivity index is 2.29. The molecule has 0 aromatic heterocycles. The molecule has 0 radical (unpaired) electrons. The Bertz CT molecular complexity index is 1240. The minimum Gasteiger partial charge on any atom is -0.512 e. The first-order valence-electron chi connectivity index (χ1n) is 18.6. The van der Waals surface area contributed by atoms with Crippen molar-refractivity contribution < 1.29 is 63.8 Å². The molecular weight excluding hydrogens is 678 g/mol. The van der Waals surface area contributed by atoms with E-state index in [4.69, 9.17) is 33.2 Å². The lowest BCUT2D eigenvalue weighted by atomic mass is 9.77. The van der Waals surface area contributed by atoms with Crippen molar-refractivity contribution in [1.29, 1.82) is 0 Å². The molecule has 3 rings (SSSR count). The van der Waals surface area contributed by atoms with Crippen molar-refractivity contribution in [3.05, 3.63) is 22.9 Å². The molecule has 2 fully saturated rings. The van der Waals surface area contributed by atoms with Gasteiger partial charge in [-0.3, -0.25) is 0 Å². The minimum atomic E-state index is -1.91. The predicted molar refractivity (Wildman–Crippen MR) is 193 cm³/mol. The van der Waals surface area contributed by atoms with Crippen LogP contribution in [-0.4, -0.2) is 148 Å². The summed E-state index contributed by atoms with van der Waals surface area (Å²) in [5, 5.41) is 68.9. The molecule has 0 bridgehead atoms. The normalized spacial score (nSPS) is 49.0. The number of ether oxygens (including phenoxy) is 7. The van der Waals surface area contributed by atoms with Gasteiger partial charge >= 0.3 is 0 Å². The van der Waals surface area contributed by atoms with E-state index in [1.165, 1.54) is 21.1 Å². The number of aliphatic hydroxyl groups excluding tert-OH is 5. The molecule has 0 aliphatic carbocycles. The second-order valence-electron chi connectivity index (χ2n) is 16.3. The Morgan fingerprint density at radius 2 is 1.48 bits per heavy atom. The largest absolute Gasteiger partial charge is 0.512 e. The van der Waals surface area contributed by atoms with E-state index >= 15 is 0 Å². The van der Waals surface area contributed by atoms with E-state index < -0.39 is 89.9 Å². The summed E-state index contributed by atoms with van der Waals surface area (Å²) in [5.74, 6) is -2.32. The maximum atomic E-state index is 11.7. The third kappa shape index (κ3) is 9.27. The fraction of sp³-hybridized carbons (Fsp3) is 0.895. The monoisotopic (exact) mass is 747 g/mol. The maximum absolute atomic E-state index is 11.7. The van der Waals surface area contributed by atoms with Crippen LogP contribution in [0.25, 0.3) is 0 Å². The molecule has 0 saturated carbocycles. The lowest BCUT2D eigenvalue weighted by Gasteiger charge is -2.49. The first-order chi connectivity index (χ1) is 24.0. The number of likely N-dealkylation sites (N-methyl/N-ethyl adjacent to an activating group) is 1. The summed E-state index contributed by atoms with van der Waals surface area (Å²) in [6.07, 6.45) is -8.50. The Labute approximate surface area is 310 Å². The third-order valence-electron chi connectivity index (χ3n) is 12.0. The smallest absolute Gasteiger partial charge is 0.278 e. The summed E-state index contributed by atoms with van der Waals surface area (Å²) in [4.78, 5) is 1.93. The fourth-order valence-electron chi connectivity index (χ4n) is 8.27. The minimum absolute atomic E-state index is 0.0963. The van der Waals surface area contributed by atoms with Crippen molar-refractivity contribution in [2.45, 2.75) is 179 Å². The van der Waals surface area contributed by atoms with Gasteiger partial charge in [-0.05, 0) is 81.0 Å².